The molecular weight excluding hydrogens is 276 g/mol. The van der Waals surface area contributed by atoms with Crippen LogP contribution in [0.25, 0.3) is 0 Å². The molecule has 2 aliphatic rings. The molecule has 2 saturated heterocycles. The summed E-state index contributed by atoms with van der Waals surface area (Å²) in [6.45, 7) is 5.83. The number of methoxy groups -OCH3 is 2. The van der Waals surface area contributed by atoms with Crippen molar-refractivity contribution in [3.8, 4) is 11.5 Å². The smallest absolute Gasteiger partial charge is 0.127 e. The summed E-state index contributed by atoms with van der Waals surface area (Å²) in [4.78, 5) is 2.56. The highest BCUT2D eigenvalue weighted by molar-refractivity contribution is 5.40. The zero-order valence-electron chi connectivity index (χ0n) is 13.8. The molecule has 0 aliphatic carbocycles. The Morgan fingerprint density at radius 1 is 1.09 bits per heavy atom. The third-order valence-corrected chi connectivity index (χ3v) is 5.29. The fourth-order valence-electron chi connectivity index (χ4n) is 3.89. The summed E-state index contributed by atoms with van der Waals surface area (Å²) in [6, 6.07) is 6.13. The van der Waals surface area contributed by atoms with Crippen LogP contribution in [0.4, 0.5) is 0 Å². The molecule has 2 heterocycles. The molecule has 0 bridgehead atoms. The van der Waals surface area contributed by atoms with Crippen LogP contribution < -0.4 is 14.8 Å². The van der Waals surface area contributed by atoms with Gasteiger partial charge < -0.3 is 14.8 Å². The van der Waals surface area contributed by atoms with E-state index in [4.69, 9.17) is 9.47 Å². The number of likely N-dealkylation sites (tertiary alicyclic amines) is 1. The highest BCUT2D eigenvalue weighted by atomic mass is 16.5. The molecule has 0 saturated carbocycles. The van der Waals surface area contributed by atoms with Crippen LogP contribution in [0.15, 0.2) is 18.2 Å². The normalized spacial score (nSPS) is 23.6. The fraction of sp³-hybridized carbons (Fsp3) is 0.667. The Hall–Kier alpha value is -1.26. The van der Waals surface area contributed by atoms with Crippen molar-refractivity contribution in [2.45, 2.75) is 25.8 Å². The molecule has 122 valence electrons. The quantitative estimate of drug-likeness (QED) is 0.906. The third-order valence-electron chi connectivity index (χ3n) is 5.29. The molecule has 1 atom stereocenters. The lowest BCUT2D eigenvalue weighted by atomic mass is 9.83. The lowest BCUT2D eigenvalue weighted by Crippen LogP contribution is -2.36. The van der Waals surface area contributed by atoms with Crippen LogP contribution in [0.5, 0.6) is 11.5 Å². The minimum Gasteiger partial charge on any atom is -0.497 e. The van der Waals surface area contributed by atoms with E-state index in [0.717, 1.165) is 29.9 Å². The topological polar surface area (TPSA) is 33.7 Å². The standard InChI is InChI=1S/C18H28N2O2/c1-21-17-4-3-16(18(11-17)22-2)13-20-9-6-14(7-10-20)15-5-8-19-12-15/h3-4,11,14-15,19H,5-10,12-13H2,1-2H3. The maximum atomic E-state index is 5.52. The van der Waals surface area contributed by atoms with Gasteiger partial charge in [0.15, 0.2) is 0 Å². The van der Waals surface area contributed by atoms with Crippen molar-refractivity contribution in [3.05, 3.63) is 23.8 Å². The van der Waals surface area contributed by atoms with Crippen molar-refractivity contribution in [2.75, 3.05) is 40.4 Å². The molecule has 0 amide bonds. The van der Waals surface area contributed by atoms with Gasteiger partial charge in [-0.1, -0.05) is 6.07 Å². The van der Waals surface area contributed by atoms with E-state index in [1.807, 2.05) is 12.1 Å². The van der Waals surface area contributed by atoms with E-state index in [2.05, 4.69) is 16.3 Å². The first-order chi connectivity index (χ1) is 10.8. The Kier molecular flexibility index (Phi) is 5.21. The fourth-order valence-corrected chi connectivity index (χ4v) is 3.89. The van der Waals surface area contributed by atoms with Gasteiger partial charge in [0.05, 0.1) is 14.2 Å². The van der Waals surface area contributed by atoms with Crippen molar-refractivity contribution < 1.29 is 9.47 Å². The zero-order valence-corrected chi connectivity index (χ0v) is 13.8. The minimum atomic E-state index is 0.855. The van der Waals surface area contributed by atoms with E-state index in [0.29, 0.717) is 0 Å². The van der Waals surface area contributed by atoms with Gasteiger partial charge in [0.2, 0.25) is 0 Å². The summed E-state index contributed by atoms with van der Waals surface area (Å²) in [7, 11) is 3.43. The van der Waals surface area contributed by atoms with Gasteiger partial charge in [-0.3, -0.25) is 4.90 Å². The van der Waals surface area contributed by atoms with Crippen LogP contribution >= 0.6 is 0 Å². The number of benzene rings is 1. The molecule has 2 aliphatic heterocycles. The summed E-state index contributed by atoms with van der Waals surface area (Å²) in [6.07, 6.45) is 4.05. The molecule has 1 aromatic carbocycles. The van der Waals surface area contributed by atoms with Crippen LogP contribution in [0.2, 0.25) is 0 Å². The maximum Gasteiger partial charge on any atom is 0.127 e. The van der Waals surface area contributed by atoms with Gasteiger partial charge in [0, 0.05) is 18.2 Å². The predicted octanol–water partition coefficient (Wildman–Crippen LogP) is 2.53. The second-order valence-electron chi connectivity index (χ2n) is 6.54. The lowest BCUT2D eigenvalue weighted by Gasteiger charge is -2.34. The van der Waals surface area contributed by atoms with Crippen LogP contribution in [-0.4, -0.2) is 45.3 Å². The summed E-state index contributed by atoms with van der Waals surface area (Å²) < 4.78 is 10.8. The van der Waals surface area contributed by atoms with Crippen LogP contribution in [-0.2, 0) is 6.54 Å². The number of rotatable bonds is 5. The molecule has 0 spiro atoms. The number of hydrogen-bond acceptors (Lipinski definition) is 4. The minimum absolute atomic E-state index is 0.855. The SMILES string of the molecule is COc1ccc(CN2CCC(C3CCNC3)CC2)c(OC)c1. The highest BCUT2D eigenvalue weighted by Gasteiger charge is 2.28. The van der Waals surface area contributed by atoms with E-state index in [9.17, 15) is 0 Å². The van der Waals surface area contributed by atoms with Gasteiger partial charge in [-0.15, -0.1) is 0 Å². The molecule has 4 heteroatoms. The van der Waals surface area contributed by atoms with Crippen LogP contribution in [0.1, 0.15) is 24.8 Å². The Bertz CT molecular complexity index is 478. The van der Waals surface area contributed by atoms with Gasteiger partial charge >= 0.3 is 0 Å². The number of piperidine rings is 1. The van der Waals surface area contributed by atoms with E-state index >= 15 is 0 Å². The van der Waals surface area contributed by atoms with E-state index in [1.54, 1.807) is 14.2 Å². The Balaban J connectivity index is 1.56. The molecule has 4 nitrogen and oxygen atoms in total. The summed E-state index contributed by atoms with van der Waals surface area (Å²) in [5, 5.41) is 3.50. The van der Waals surface area contributed by atoms with Crippen molar-refractivity contribution in [1.82, 2.24) is 10.2 Å². The maximum absolute atomic E-state index is 5.52. The number of ether oxygens (including phenoxy) is 2. The second kappa shape index (κ2) is 7.34. The molecule has 22 heavy (non-hydrogen) atoms. The third kappa shape index (κ3) is 3.55. The molecule has 2 fully saturated rings. The number of nitrogens with zero attached hydrogens (tertiary/aromatic N) is 1. The lowest BCUT2D eigenvalue weighted by molar-refractivity contribution is 0.145. The molecule has 0 radical (unpaired) electrons. The zero-order chi connectivity index (χ0) is 15.4. The van der Waals surface area contributed by atoms with E-state index < -0.39 is 0 Å². The van der Waals surface area contributed by atoms with Crippen LogP contribution in [0, 0.1) is 11.8 Å². The van der Waals surface area contributed by atoms with Gasteiger partial charge in [0.25, 0.3) is 0 Å². The van der Waals surface area contributed by atoms with Gasteiger partial charge in [0.1, 0.15) is 11.5 Å². The van der Waals surface area contributed by atoms with Gasteiger partial charge in [-0.05, 0) is 63.3 Å². The van der Waals surface area contributed by atoms with Crippen molar-refractivity contribution in [2.24, 2.45) is 11.8 Å². The van der Waals surface area contributed by atoms with Crippen molar-refractivity contribution >= 4 is 0 Å². The van der Waals surface area contributed by atoms with Crippen molar-refractivity contribution in [1.29, 1.82) is 0 Å². The van der Waals surface area contributed by atoms with E-state index in [-0.39, 0.29) is 0 Å². The Morgan fingerprint density at radius 2 is 1.91 bits per heavy atom. The van der Waals surface area contributed by atoms with Crippen molar-refractivity contribution in [3.63, 3.8) is 0 Å². The summed E-state index contributed by atoms with van der Waals surface area (Å²) in [5.74, 6) is 3.62. The number of nitrogens with one attached hydrogen (secondary N) is 1. The largest absolute Gasteiger partial charge is 0.497 e. The molecule has 1 aromatic rings. The molecule has 3 rings (SSSR count). The summed E-state index contributed by atoms with van der Waals surface area (Å²) >= 11 is 0. The second-order valence-corrected chi connectivity index (χ2v) is 6.54. The average Bonchev–Trinajstić information content (AvgIpc) is 3.10. The highest BCUT2D eigenvalue weighted by Crippen LogP contribution is 2.31. The first-order valence-electron chi connectivity index (χ1n) is 8.44. The molecule has 0 aromatic heterocycles. The average molecular weight is 304 g/mol. The number of hydrogen-bond donors (Lipinski definition) is 1. The summed E-state index contributed by atoms with van der Waals surface area (Å²) in [5.41, 5.74) is 1.25. The molecule has 1 unspecified atom stereocenters. The first-order valence-corrected chi connectivity index (χ1v) is 8.44. The van der Waals surface area contributed by atoms with E-state index in [1.165, 1.54) is 51.0 Å². The molecular formula is C18H28N2O2. The van der Waals surface area contributed by atoms with Gasteiger partial charge in [-0.25, -0.2) is 0 Å². The Labute approximate surface area is 133 Å². The van der Waals surface area contributed by atoms with Crippen LogP contribution in [0.3, 0.4) is 0 Å². The van der Waals surface area contributed by atoms with Gasteiger partial charge in [-0.2, -0.15) is 0 Å². The first kappa shape index (κ1) is 15.6. The Morgan fingerprint density at radius 3 is 2.55 bits per heavy atom. The predicted molar refractivity (Wildman–Crippen MR) is 88.5 cm³/mol. The molecule has 1 N–H and O–H groups in total. The monoisotopic (exact) mass is 304 g/mol.